The third-order valence-corrected chi connectivity index (χ3v) is 9.95. The number of benzene rings is 1. The molecule has 2 heterocycles. The highest BCUT2D eigenvalue weighted by Crippen LogP contribution is 2.63. The molecule has 4 aliphatic carbocycles. The Labute approximate surface area is 186 Å². The van der Waals surface area contributed by atoms with Gasteiger partial charge < -0.3 is 9.47 Å². The number of hydrogen-bond donors (Lipinski definition) is 0. The number of hydrogen-bond acceptors (Lipinski definition) is 6. The van der Waals surface area contributed by atoms with Crippen LogP contribution in [-0.4, -0.2) is 23.9 Å². The van der Waals surface area contributed by atoms with Gasteiger partial charge in [0.05, 0.1) is 23.7 Å². The second kappa shape index (κ2) is 6.09. The second-order valence-corrected chi connectivity index (χ2v) is 11.2. The molecule has 6 aliphatic rings. The summed E-state index contributed by atoms with van der Waals surface area (Å²) in [4.78, 5) is 48.8. The Morgan fingerprint density at radius 1 is 0.594 bits per heavy atom. The molecular weight excluding hydrogens is 408 g/mol. The van der Waals surface area contributed by atoms with E-state index in [1.165, 1.54) is 22.3 Å². The Kier molecular flexibility index (Phi) is 3.62. The van der Waals surface area contributed by atoms with E-state index in [0.717, 1.165) is 25.7 Å². The molecule has 6 nitrogen and oxygen atoms in total. The Balaban J connectivity index is 1.20. The lowest BCUT2D eigenvalue weighted by atomic mass is 9.69. The van der Waals surface area contributed by atoms with Crippen molar-refractivity contribution in [3.8, 4) is 0 Å². The molecule has 0 spiro atoms. The molecule has 1 aromatic carbocycles. The van der Waals surface area contributed by atoms with Gasteiger partial charge in [0.2, 0.25) is 0 Å². The largest absolute Gasteiger partial charge is 0.393 e. The minimum absolute atomic E-state index is 0.190. The standard InChI is InChI=1S/C26H26O6/c1-9-3-14(16-6-12-8-18(16)22-20(12)24(28)32-26(22)30)10(2)4-13(9)15-5-11-7-17(15)21-19(11)23(27)31-25(21)29/h3-4,11-12,15-22H,5-8H2,1-2H3. The maximum Gasteiger partial charge on any atom is 0.317 e. The Hall–Kier alpha value is -2.50. The minimum atomic E-state index is -0.322. The zero-order valence-corrected chi connectivity index (χ0v) is 18.2. The summed E-state index contributed by atoms with van der Waals surface area (Å²) in [5, 5.41) is 0. The first-order valence-corrected chi connectivity index (χ1v) is 12.0. The van der Waals surface area contributed by atoms with Crippen molar-refractivity contribution in [2.75, 3.05) is 0 Å². The van der Waals surface area contributed by atoms with Gasteiger partial charge in [-0.15, -0.1) is 0 Å². The Morgan fingerprint density at radius 3 is 1.38 bits per heavy atom. The van der Waals surface area contributed by atoms with Crippen LogP contribution in [0.25, 0.3) is 0 Å². The van der Waals surface area contributed by atoms with Crippen molar-refractivity contribution in [3.05, 3.63) is 34.4 Å². The first-order chi connectivity index (χ1) is 15.3. The Bertz CT molecular complexity index is 1030. The van der Waals surface area contributed by atoms with Gasteiger partial charge in [0.15, 0.2) is 0 Å². The average molecular weight is 434 g/mol. The molecule has 2 aliphatic heterocycles. The van der Waals surface area contributed by atoms with E-state index in [0.29, 0.717) is 11.8 Å². The minimum Gasteiger partial charge on any atom is -0.393 e. The molecule has 2 saturated heterocycles. The number of carbonyl (C=O) groups excluding carboxylic acids is 4. The van der Waals surface area contributed by atoms with Crippen molar-refractivity contribution < 1.29 is 28.7 Å². The summed E-state index contributed by atoms with van der Waals surface area (Å²) in [6, 6.07) is 4.57. The average Bonchev–Trinajstić information content (AvgIpc) is 3.55. The zero-order chi connectivity index (χ0) is 22.0. The van der Waals surface area contributed by atoms with Crippen molar-refractivity contribution in [3.63, 3.8) is 0 Å². The summed E-state index contributed by atoms with van der Waals surface area (Å²) in [7, 11) is 0. The predicted molar refractivity (Wildman–Crippen MR) is 110 cm³/mol. The SMILES string of the molecule is Cc1cc(C2CC3CC2C2C(=O)OC(=O)C32)c(C)cc1C1CC2CC1C1C(=O)OC(=O)C21. The molecule has 0 aromatic heterocycles. The number of ether oxygens (including phenoxy) is 2. The van der Waals surface area contributed by atoms with E-state index in [1.54, 1.807) is 0 Å². The maximum atomic E-state index is 12.3. The van der Waals surface area contributed by atoms with Crippen molar-refractivity contribution in [1.82, 2.24) is 0 Å². The van der Waals surface area contributed by atoms with Gasteiger partial charge in [0.1, 0.15) is 0 Å². The molecule has 32 heavy (non-hydrogen) atoms. The fourth-order valence-corrected chi connectivity index (χ4v) is 8.89. The fraction of sp³-hybridized carbons (Fsp3) is 0.615. The van der Waals surface area contributed by atoms with Crippen molar-refractivity contribution >= 4 is 23.9 Å². The van der Waals surface area contributed by atoms with Gasteiger partial charge in [0, 0.05) is 0 Å². The molecular formula is C26H26O6. The Morgan fingerprint density at radius 2 is 0.969 bits per heavy atom. The summed E-state index contributed by atoms with van der Waals surface area (Å²) >= 11 is 0. The molecule has 6 fully saturated rings. The van der Waals surface area contributed by atoms with E-state index in [1.807, 2.05) is 0 Å². The first kappa shape index (κ1) is 19.0. The lowest BCUT2D eigenvalue weighted by Gasteiger charge is -2.32. The predicted octanol–water partition coefficient (Wildman–Crippen LogP) is 3.18. The number of rotatable bonds is 2. The first-order valence-electron chi connectivity index (χ1n) is 12.0. The molecule has 0 amide bonds. The van der Waals surface area contributed by atoms with Crippen LogP contribution >= 0.6 is 0 Å². The molecule has 7 rings (SSSR count). The van der Waals surface area contributed by atoms with Gasteiger partial charge in [-0.25, -0.2) is 0 Å². The molecule has 6 heteroatoms. The normalized spacial score (nSPS) is 45.4. The molecule has 1 aromatic rings. The van der Waals surface area contributed by atoms with Crippen LogP contribution < -0.4 is 0 Å². The number of aryl methyl sites for hydroxylation is 2. The lowest BCUT2D eigenvalue weighted by molar-refractivity contribution is -0.156. The highest BCUT2D eigenvalue weighted by atomic mass is 16.6. The summed E-state index contributed by atoms with van der Waals surface area (Å²) in [6.45, 7) is 4.28. The van der Waals surface area contributed by atoms with Crippen LogP contribution in [0, 0.1) is 61.2 Å². The van der Waals surface area contributed by atoms with Gasteiger partial charge in [-0.2, -0.15) is 0 Å². The monoisotopic (exact) mass is 434 g/mol. The molecule has 166 valence electrons. The van der Waals surface area contributed by atoms with Gasteiger partial charge in [0.25, 0.3) is 0 Å². The smallest absolute Gasteiger partial charge is 0.317 e. The zero-order valence-electron chi connectivity index (χ0n) is 18.2. The van der Waals surface area contributed by atoms with Crippen LogP contribution in [0.4, 0.5) is 0 Å². The number of fused-ring (bicyclic) bond motifs is 10. The van der Waals surface area contributed by atoms with Gasteiger partial charge in [-0.05, 0) is 97.3 Å². The molecule has 10 atom stereocenters. The van der Waals surface area contributed by atoms with Crippen LogP contribution in [0.5, 0.6) is 0 Å². The lowest BCUT2D eigenvalue weighted by Crippen LogP contribution is -2.30. The number of esters is 4. The maximum absolute atomic E-state index is 12.3. The highest BCUT2D eigenvalue weighted by molar-refractivity contribution is 5.98. The van der Waals surface area contributed by atoms with Crippen LogP contribution in [0.15, 0.2) is 12.1 Å². The van der Waals surface area contributed by atoms with Crippen molar-refractivity contribution in [2.24, 2.45) is 47.3 Å². The van der Waals surface area contributed by atoms with E-state index in [4.69, 9.17) is 9.47 Å². The number of carbonyl (C=O) groups is 4. The number of cyclic esters (lactones) is 4. The summed E-state index contributed by atoms with van der Waals surface area (Å²) in [5.74, 6) is -0.775. The van der Waals surface area contributed by atoms with E-state index in [9.17, 15) is 19.2 Å². The third kappa shape index (κ3) is 2.21. The van der Waals surface area contributed by atoms with Crippen molar-refractivity contribution in [1.29, 1.82) is 0 Å². The molecule has 10 unspecified atom stereocenters. The summed E-state index contributed by atoms with van der Waals surface area (Å²) in [6.07, 6.45) is 3.76. The van der Waals surface area contributed by atoms with E-state index >= 15 is 0 Å². The highest BCUT2D eigenvalue weighted by Gasteiger charge is 2.64. The summed E-state index contributed by atoms with van der Waals surface area (Å²) < 4.78 is 9.95. The fourth-order valence-electron chi connectivity index (χ4n) is 8.89. The van der Waals surface area contributed by atoms with Crippen LogP contribution in [-0.2, 0) is 28.7 Å². The van der Waals surface area contributed by atoms with Gasteiger partial charge in [-0.3, -0.25) is 19.2 Å². The molecule has 4 bridgehead atoms. The molecule has 0 N–H and O–H groups in total. The quantitative estimate of drug-likeness (QED) is 0.525. The van der Waals surface area contributed by atoms with Crippen LogP contribution in [0.2, 0.25) is 0 Å². The van der Waals surface area contributed by atoms with E-state index < -0.39 is 0 Å². The summed E-state index contributed by atoms with van der Waals surface area (Å²) in [5.41, 5.74) is 5.03. The van der Waals surface area contributed by atoms with E-state index in [2.05, 4.69) is 26.0 Å². The van der Waals surface area contributed by atoms with Gasteiger partial charge >= 0.3 is 23.9 Å². The molecule has 4 saturated carbocycles. The molecule has 0 radical (unpaired) electrons. The topological polar surface area (TPSA) is 86.7 Å². The third-order valence-electron chi connectivity index (χ3n) is 9.95. The van der Waals surface area contributed by atoms with Crippen LogP contribution in [0.1, 0.15) is 59.8 Å². The van der Waals surface area contributed by atoms with Gasteiger partial charge in [-0.1, -0.05) is 12.1 Å². The van der Waals surface area contributed by atoms with E-state index in [-0.39, 0.29) is 71.2 Å². The van der Waals surface area contributed by atoms with Crippen molar-refractivity contribution in [2.45, 2.75) is 51.4 Å². The second-order valence-electron chi connectivity index (χ2n) is 11.2. The van der Waals surface area contributed by atoms with Crippen LogP contribution in [0.3, 0.4) is 0 Å².